The highest BCUT2D eigenvalue weighted by atomic mass is 19.1. The molecule has 1 fully saturated rings. The van der Waals surface area contributed by atoms with Crippen molar-refractivity contribution in [1.29, 1.82) is 0 Å². The summed E-state index contributed by atoms with van der Waals surface area (Å²) in [6.45, 7) is 1.53. The van der Waals surface area contributed by atoms with Crippen molar-refractivity contribution in [3.05, 3.63) is 30.1 Å². The largest absolute Gasteiger partial charge is 0.481 e. The Bertz CT molecular complexity index is 534. The summed E-state index contributed by atoms with van der Waals surface area (Å²) in [5, 5.41) is 11.7. The van der Waals surface area contributed by atoms with E-state index in [2.05, 4.69) is 5.32 Å². The van der Waals surface area contributed by atoms with Crippen molar-refractivity contribution in [2.75, 3.05) is 0 Å². The molecular formula is C15H18FNO4. The van der Waals surface area contributed by atoms with Crippen LogP contribution < -0.4 is 10.1 Å². The van der Waals surface area contributed by atoms with E-state index in [4.69, 9.17) is 9.84 Å². The molecule has 0 aromatic heterocycles. The Morgan fingerprint density at radius 3 is 2.71 bits per heavy atom. The van der Waals surface area contributed by atoms with Gasteiger partial charge in [0.2, 0.25) is 0 Å². The third kappa shape index (κ3) is 3.93. The van der Waals surface area contributed by atoms with Crippen molar-refractivity contribution in [2.45, 2.75) is 38.3 Å². The monoisotopic (exact) mass is 295 g/mol. The number of hydrogen-bond donors (Lipinski definition) is 2. The van der Waals surface area contributed by atoms with Gasteiger partial charge in [-0.05, 0) is 38.3 Å². The summed E-state index contributed by atoms with van der Waals surface area (Å²) in [5.41, 5.74) is 0. The van der Waals surface area contributed by atoms with E-state index in [0.717, 1.165) is 0 Å². The van der Waals surface area contributed by atoms with E-state index in [1.54, 1.807) is 6.07 Å². The number of ether oxygens (including phenoxy) is 1. The van der Waals surface area contributed by atoms with E-state index in [0.29, 0.717) is 19.3 Å². The molecule has 1 aromatic carbocycles. The van der Waals surface area contributed by atoms with Crippen molar-refractivity contribution < 1.29 is 23.8 Å². The number of para-hydroxylation sites is 1. The molecule has 3 atom stereocenters. The Hall–Kier alpha value is -2.11. The molecule has 1 aromatic rings. The smallest absolute Gasteiger partial charge is 0.306 e. The molecular weight excluding hydrogens is 277 g/mol. The minimum absolute atomic E-state index is 0.0231. The van der Waals surface area contributed by atoms with E-state index in [1.165, 1.54) is 25.1 Å². The average molecular weight is 295 g/mol. The molecule has 0 bridgehead atoms. The first-order valence-electron chi connectivity index (χ1n) is 6.91. The van der Waals surface area contributed by atoms with Crippen LogP contribution in [0.2, 0.25) is 0 Å². The number of carboxylic acids is 1. The molecule has 1 aliphatic rings. The van der Waals surface area contributed by atoms with Gasteiger partial charge >= 0.3 is 5.97 Å². The number of carboxylic acid groups (broad SMARTS) is 1. The lowest BCUT2D eigenvalue weighted by atomic mass is 10.1. The van der Waals surface area contributed by atoms with Gasteiger partial charge in [0.15, 0.2) is 17.7 Å². The van der Waals surface area contributed by atoms with Gasteiger partial charge in [0, 0.05) is 6.04 Å². The van der Waals surface area contributed by atoms with Gasteiger partial charge in [0.05, 0.1) is 5.92 Å². The molecule has 1 aliphatic carbocycles. The third-order valence-corrected chi connectivity index (χ3v) is 3.64. The highest BCUT2D eigenvalue weighted by Crippen LogP contribution is 2.26. The van der Waals surface area contributed by atoms with E-state index in [-0.39, 0.29) is 17.7 Å². The summed E-state index contributed by atoms with van der Waals surface area (Å²) < 4.78 is 18.7. The maximum atomic E-state index is 13.4. The maximum Gasteiger partial charge on any atom is 0.306 e. The van der Waals surface area contributed by atoms with Gasteiger partial charge in [-0.15, -0.1) is 0 Å². The van der Waals surface area contributed by atoms with Gasteiger partial charge in [-0.25, -0.2) is 4.39 Å². The second kappa shape index (κ2) is 6.56. The lowest BCUT2D eigenvalue weighted by Crippen LogP contribution is -2.41. The molecule has 6 heteroatoms. The fourth-order valence-corrected chi connectivity index (χ4v) is 2.44. The van der Waals surface area contributed by atoms with Crippen LogP contribution in [0.5, 0.6) is 5.75 Å². The molecule has 1 saturated carbocycles. The number of carbonyl (C=O) groups excluding carboxylic acids is 1. The zero-order chi connectivity index (χ0) is 15.4. The minimum atomic E-state index is -0.842. The average Bonchev–Trinajstić information content (AvgIpc) is 2.90. The zero-order valence-electron chi connectivity index (χ0n) is 11.7. The first kappa shape index (κ1) is 15.3. The van der Waals surface area contributed by atoms with E-state index in [9.17, 15) is 14.0 Å². The van der Waals surface area contributed by atoms with Gasteiger partial charge in [-0.1, -0.05) is 12.1 Å². The van der Waals surface area contributed by atoms with E-state index in [1.807, 2.05) is 0 Å². The predicted octanol–water partition coefficient (Wildman–Crippen LogP) is 1.96. The first-order chi connectivity index (χ1) is 9.97. The molecule has 2 rings (SSSR count). The number of amides is 1. The Morgan fingerprint density at radius 1 is 1.38 bits per heavy atom. The summed E-state index contributed by atoms with van der Waals surface area (Å²) in [7, 11) is 0. The van der Waals surface area contributed by atoms with Crippen LogP contribution in [0, 0.1) is 11.7 Å². The maximum absolute atomic E-state index is 13.4. The molecule has 114 valence electrons. The number of aliphatic carboxylic acids is 1. The number of halogens is 1. The topological polar surface area (TPSA) is 75.6 Å². The number of benzene rings is 1. The fourth-order valence-electron chi connectivity index (χ4n) is 2.44. The second-order valence-corrected chi connectivity index (χ2v) is 5.24. The summed E-state index contributed by atoms with van der Waals surface area (Å²) in [6, 6.07) is 5.71. The van der Waals surface area contributed by atoms with Crippen molar-refractivity contribution in [2.24, 2.45) is 5.92 Å². The molecule has 1 unspecified atom stereocenters. The van der Waals surface area contributed by atoms with Crippen LogP contribution >= 0.6 is 0 Å². The van der Waals surface area contributed by atoms with Gasteiger partial charge in [-0.2, -0.15) is 0 Å². The van der Waals surface area contributed by atoms with Crippen molar-refractivity contribution >= 4 is 11.9 Å². The van der Waals surface area contributed by atoms with Crippen LogP contribution in [0.1, 0.15) is 26.2 Å². The standard InChI is InChI=1S/C15H18FNO4/c1-9(21-13-5-3-2-4-12(13)16)14(18)17-11-7-6-10(8-11)15(19)20/h2-5,9-11H,6-8H2,1H3,(H,17,18)(H,19,20)/t9?,10-,11+/m0/s1. The van der Waals surface area contributed by atoms with Crippen molar-refractivity contribution in [1.82, 2.24) is 5.32 Å². The molecule has 0 spiro atoms. The molecule has 1 amide bonds. The van der Waals surface area contributed by atoms with E-state index < -0.39 is 23.8 Å². The molecule has 21 heavy (non-hydrogen) atoms. The number of carbonyl (C=O) groups is 2. The summed E-state index contributed by atoms with van der Waals surface area (Å²) in [4.78, 5) is 22.9. The number of hydrogen-bond acceptors (Lipinski definition) is 3. The fraction of sp³-hybridized carbons (Fsp3) is 0.467. The quantitative estimate of drug-likeness (QED) is 0.870. The Kier molecular flexibility index (Phi) is 4.77. The zero-order valence-corrected chi connectivity index (χ0v) is 11.7. The Morgan fingerprint density at radius 2 is 2.10 bits per heavy atom. The minimum Gasteiger partial charge on any atom is -0.481 e. The first-order valence-corrected chi connectivity index (χ1v) is 6.91. The predicted molar refractivity (Wildman–Crippen MR) is 73.4 cm³/mol. The summed E-state index contributed by atoms with van der Waals surface area (Å²) in [6.07, 6.45) is 0.775. The van der Waals surface area contributed by atoms with Crippen LogP contribution in [-0.2, 0) is 9.59 Å². The third-order valence-electron chi connectivity index (χ3n) is 3.64. The molecule has 0 heterocycles. The lowest BCUT2D eigenvalue weighted by Gasteiger charge is -2.18. The van der Waals surface area contributed by atoms with Gasteiger partial charge in [-0.3, -0.25) is 9.59 Å². The van der Waals surface area contributed by atoms with Gasteiger partial charge in [0.25, 0.3) is 5.91 Å². The van der Waals surface area contributed by atoms with Crippen LogP contribution in [0.3, 0.4) is 0 Å². The van der Waals surface area contributed by atoms with Crippen LogP contribution in [0.4, 0.5) is 4.39 Å². The van der Waals surface area contributed by atoms with E-state index >= 15 is 0 Å². The molecule has 0 aliphatic heterocycles. The number of rotatable bonds is 5. The normalized spacial score (nSPS) is 22.6. The SMILES string of the molecule is CC(Oc1ccccc1F)C(=O)N[C@@H]1CC[C@H](C(=O)O)C1. The highest BCUT2D eigenvalue weighted by Gasteiger charge is 2.31. The Balaban J connectivity index is 1.86. The van der Waals surface area contributed by atoms with Gasteiger partial charge < -0.3 is 15.2 Å². The molecule has 0 saturated heterocycles. The van der Waals surface area contributed by atoms with Gasteiger partial charge in [0.1, 0.15) is 0 Å². The van der Waals surface area contributed by atoms with Crippen LogP contribution in [0.25, 0.3) is 0 Å². The number of nitrogens with one attached hydrogen (secondary N) is 1. The molecule has 0 radical (unpaired) electrons. The molecule has 5 nitrogen and oxygen atoms in total. The lowest BCUT2D eigenvalue weighted by molar-refractivity contribution is -0.141. The summed E-state index contributed by atoms with van der Waals surface area (Å²) >= 11 is 0. The highest BCUT2D eigenvalue weighted by molar-refractivity contribution is 5.81. The van der Waals surface area contributed by atoms with Crippen molar-refractivity contribution in [3.8, 4) is 5.75 Å². The second-order valence-electron chi connectivity index (χ2n) is 5.24. The molecule has 2 N–H and O–H groups in total. The van der Waals surface area contributed by atoms with Crippen LogP contribution in [0.15, 0.2) is 24.3 Å². The Labute approximate surface area is 122 Å². The summed E-state index contributed by atoms with van der Waals surface area (Å²) in [5.74, 6) is -2.10. The van der Waals surface area contributed by atoms with Crippen molar-refractivity contribution in [3.63, 3.8) is 0 Å². The van der Waals surface area contributed by atoms with Crippen LogP contribution in [-0.4, -0.2) is 29.1 Å².